The molecule has 1 aromatic carbocycles. The molecule has 0 saturated heterocycles. The lowest BCUT2D eigenvalue weighted by Crippen LogP contribution is -2.22. The van der Waals surface area contributed by atoms with E-state index in [0.29, 0.717) is 17.0 Å². The fourth-order valence-corrected chi connectivity index (χ4v) is 1.87. The number of unbranched alkanes of at least 4 members (excludes halogenated alkanes) is 1. The highest BCUT2D eigenvalue weighted by atomic mass is 35.5. The van der Waals surface area contributed by atoms with Crippen LogP contribution in [0.15, 0.2) is 24.3 Å². The van der Waals surface area contributed by atoms with Crippen molar-refractivity contribution >= 4 is 17.6 Å². The molecule has 2 atom stereocenters. The predicted molar refractivity (Wildman–Crippen MR) is 71.5 cm³/mol. The summed E-state index contributed by atoms with van der Waals surface area (Å²) in [4.78, 5) is 11.5. The maximum absolute atomic E-state index is 11.5. The number of benzene rings is 1. The largest absolute Gasteiger partial charge is 0.460 e. The highest BCUT2D eigenvalue weighted by Crippen LogP contribution is 2.26. The van der Waals surface area contributed by atoms with Crippen molar-refractivity contribution in [2.75, 3.05) is 0 Å². The molecule has 0 aliphatic carbocycles. The van der Waals surface area contributed by atoms with Gasteiger partial charge in [-0.1, -0.05) is 43.1 Å². The van der Waals surface area contributed by atoms with Gasteiger partial charge in [0.25, 0.3) is 0 Å². The van der Waals surface area contributed by atoms with Crippen LogP contribution in [0.4, 0.5) is 0 Å². The third kappa shape index (κ3) is 4.31. The van der Waals surface area contributed by atoms with Gasteiger partial charge in [0.1, 0.15) is 12.2 Å². The van der Waals surface area contributed by atoms with Crippen LogP contribution in [0.25, 0.3) is 0 Å². The summed E-state index contributed by atoms with van der Waals surface area (Å²) in [5, 5.41) is 10.6. The SMILES string of the molecule is CCCCC(=O)O[C@H](C)[C@H](O)c1ccccc1Cl. The first-order valence-corrected chi connectivity index (χ1v) is 6.56. The Hall–Kier alpha value is -1.06. The predicted octanol–water partition coefficient (Wildman–Crippen LogP) is 3.50. The lowest BCUT2D eigenvalue weighted by Gasteiger charge is -2.20. The summed E-state index contributed by atoms with van der Waals surface area (Å²) in [7, 11) is 0. The van der Waals surface area contributed by atoms with E-state index < -0.39 is 12.2 Å². The van der Waals surface area contributed by atoms with E-state index in [0.717, 1.165) is 12.8 Å². The van der Waals surface area contributed by atoms with Crippen LogP contribution >= 0.6 is 11.6 Å². The number of carbonyl (C=O) groups is 1. The zero-order chi connectivity index (χ0) is 13.5. The Morgan fingerprint density at radius 3 is 2.72 bits per heavy atom. The molecular formula is C14H19ClO3. The number of halogens is 1. The van der Waals surface area contributed by atoms with Gasteiger partial charge in [-0.3, -0.25) is 4.79 Å². The van der Waals surface area contributed by atoms with Crippen LogP contribution < -0.4 is 0 Å². The van der Waals surface area contributed by atoms with E-state index in [-0.39, 0.29) is 5.97 Å². The van der Waals surface area contributed by atoms with Crippen molar-refractivity contribution in [3.8, 4) is 0 Å². The number of esters is 1. The van der Waals surface area contributed by atoms with Crippen molar-refractivity contribution in [2.45, 2.75) is 45.3 Å². The first-order chi connectivity index (χ1) is 8.56. The summed E-state index contributed by atoms with van der Waals surface area (Å²) in [6, 6.07) is 7.00. The summed E-state index contributed by atoms with van der Waals surface area (Å²) in [5.41, 5.74) is 0.579. The molecule has 0 saturated carbocycles. The zero-order valence-corrected chi connectivity index (χ0v) is 11.5. The molecule has 18 heavy (non-hydrogen) atoms. The van der Waals surface area contributed by atoms with Crippen LogP contribution in [0.5, 0.6) is 0 Å². The molecule has 0 heterocycles. The average Bonchev–Trinajstić information content (AvgIpc) is 2.36. The maximum atomic E-state index is 11.5. The number of carbonyl (C=O) groups excluding carboxylic acids is 1. The van der Waals surface area contributed by atoms with Gasteiger partial charge in [-0.2, -0.15) is 0 Å². The highest BCUT2D eigenvalue weighted by molar-refractivity contribution is 6.31. The highest BCUT2D eigenvalue weighted by Gasteiger charge is 2.21. The fourth-order valence-electron chi connectivity index (χ4n) is 1.62. The number of aliphatic hydroxyl groups excluding tert-OH is 1. The minimum Gasteiger partial charge on any atom is -0.460 e. The number of aliphatic hydroxyl groups is 1. The molecule has 0 unspecified atom stereocenters. The number of hydrogen-bond acceptors (Lipinski definition) is 3. The van der Waals surface area contributed by atoms with Gasteiger partial charge in [-0.05, 0) is 19.4 Å². The molecule has 0 aliphatic heterocycles. The lowest BCUT2D eigenvalue weighted by atomic mass is 10.1. The fraction of sp³-hybridized carbons (Fsp3) is 0.500. The number of hydrogen-bond donors (Lipinski definition) is 1. The van der Waals surface area contributed by atoms with E-state index >= 15 is 0 Å². The molecule has 0 amide bonds. The second-order valence-corrected chi connectivity index (χ2v) is 4.67. The molecule has 0 fully saturated rings. The molecule has 1 N–H and O–H groups in total. The van der Waals surface area contributed by atoms with E-state index in [1.54, 1.807) is 31.2 Å². The van der Waals surface area contributed by atoms with Crippen molar-refractivity contribution in [1.82, 2.24) is 0 Å². The third-order valence-electron chi connectivity index (χ3n) is 2.72. The van der Waals surface area contributed by atoms with Gasteiger partial charge < -0.3 is 9.84 Å². The van der Waals surface area contributed by atoms with Gasteiger partial charge in [0, 0.05) is 17.0 Å². The van der Waals surface area contributed by atoms with E-state index in [2.05, 4.69) is 0 Å². The molecule has 1 rings (SSSR count). The summed E-state index contributed by atoms with van der Waals surface area (Å²) in [6.45, 7) is 3.67. The van der Waals surface area contributed by atoms with Gasteiger partial charge in [0.2, 0.25) is 0 Å². The molecule has 0 spiro atoms. The second kappa shape index (κ2) is 7.39. The first-order valence-electron chi connectivity index (χ1n) is 6.18. The summed E-state index contributed by atoms with van der Waals surface area (Å²) < 4.78 is 5.18. The molecule has 0 radical (unpaired) electrons. The molecule has 0 bridgehead atoms. The van der Waals surface area contributed by atoms with E-state index in [9.17, 15) is 9.90 Å². The second-order valence-electron chi connectivity index (χ2n) is 4.26. The Labute approximate surface area is 113 Å². The van der Waals surface area contributed by atoms with Crippen molar-refractivity contribution in [3.63, 3.8) is 0 Å². The molecule has 3 nitrogen and oxygen atoms in total. The lowest BCUT2D eigenvalue weighted by molar-refractivity contribution is -0.154. The third-order valence-corrected chi connectivity index (χ3v) is 3.06. The zero-order valence-electron chi connectivity index (χ0n) is 10.7. The number of ether oxygens (including phenoxy) is 1. The van der Waals surface area contributed by atoms with Gasteiger partial charge in [-0.25, -0.2) is 0 Å². The molecule has 0 aliphatic rings. The topological polar surface area (TPSA) is 46.5 Å². The minimum absolute atomic E-state index is 0.282. The summed E-state index contributed by atoms with van der Waals surface area (Å²) in [5.74, 6) is -0.282. The van der Waals surface area contributed by atoms with Gasteiger partial charge >= 0.3 is 5.97 Å². The van der Waals surface area contributed by atoms with Crippen molar-refractivity contribution in [2.24, 2.45) is 0 Å². The summed E-state index contributed by atoms with van der Waals surface area (Å²) in [6.07, 6.45) is 0.624. The Bertz CT molecular complexity index is 392. The molecule has 100 valence electrons. The Morgan fingerprint density at radius 1 is 1.44 bits per heavy atom. The minimum atomic E-state index is -0.899. The van der Waals surface area contributed by atoms with Crippen LogP contribution in [-0.2, 0) is 9.53 Å². The average molecular weight is 271 g/mol. The van der Waals surface area contributed by atoms with E-state index in [1.165, 1.54) is 0 Å². The number of rotatable bonds is 6. The van der Waals surface area contributed by atoms with Crippen molar-refractivity contribution in [1.29, 1.82) is 0 Å². The Balaban J connectivity index is 2.59. The molecular weight excluding hydrogens is 252 g/mol. The summed E-state index contributed by atoms with van der Waals surface area (Å²) >= 11 is 5.98. The van der Waals surface area contributed by atoms with Gasteiger partial charge in [0.05, 0.1) is 0 Å². The maximum Gasteiger partial charge on any atom is 0.306 e. The van der Waals surface area contributed by atoms with Crippen molar-refractivity contribution < 1.29 is 14.6 Å². The quantitative estimate of drug-likeness (QED) is 0.805. The van der Waals surface area contributed by atoms with Crippen LogP contribution in [-0.4, -0.2) is 17.2 Å². The molecule has 0 aromatic heterocycles. The van der Waals surface area contributed by atoms with Crippen molar-refractivity contribution in [3.05, 3.63) is 34.9 Å². The Kier molecular flexibility index (Phi) is 6.16. The van der Waals surface area contributed by atoms with Crippen LogP contribution in [0, 0.1) is 0 Å². The monoisotopic (exact) mass is 270 g/mol. The van der Waals surface area contributed by atoms with Crippen LogP contribution in [0.3, 0.4) is 0 Å². The standard InChI is InChI=1S/C14H19ClO3/c1-3-4-9-13(16)18-10(2)14(17)11-7-5-6-8-12(11)15/h5-8,10,14,17H,3-4,9H2,1-2H3/t10-,14+/m1/s1. The first kappa shape index (κ1) is 15.0. The smallest absolute Gasteiger partial charge is 0.306 e. The normalized spacial score (nSPS) is 14.0. The van der Waals surface area contributed by atoms with E-state index in [4.69, 9.17) is 16.3 Å². The molecule has 4 heteroatoms. The van der Waals surface area contributed by atoms with Crippen LogP contribution in [0.2, 0.25) is 5.02 Å². The molecule has 1 aromatic rings. The van der Waals surface area contributed by atoms with Gasteiger partial charge in [0.15, 0.2) is 0 Å². The van der Waals surface area contributed by atoms with Gasteiger partial charge in [-0.15, -0.1) is 0 Å². The Morgan fingerprint density at radius 2 is 2.11 bits per heavy atom. The van der Waals surface area contributed by atoms with Crippen LogP contribution in [0.1, 0.15) is 44.8 Å². The van der Waals surface area contributed by atoms with E-state index in [1.807, 2.05) is 6.92 Å².